The second kappa shape index (κ2) is 9.62. The van der Waals surface area contributed by atoms with Crippen molar-refractivity contribution in [3.05, 3.63) is 115 Å². The smallest absolute Gasteiger partial charge is 0.146 e. The Labute approximate surface area is 191 Å². The molecular formula is C28H30O2P2. The lowest BCUT2D eigenvalue weighted by Crippen LogP contribution is -2.27. The van der Waals surface area contributed by atoms with Crippen molar-refractivity contribution in [1.29, 1.82) is 0 Å². The molecule has 0 amide bonds. The van der Waals surface area contributed by atoms with E-state index in [2.05, 4.69) is 19.1 Å². The molecule has 1 aliphatic rings. The molecule has 0 radical (unpaired) electrons. The van der Waals surface area contributed by atoms with Gasteiger partial charge in [0.1, 0.15) is 14.3 Å². The first kappa shape index (κ1) is 22.8. The van der Waals surface area contributed by atoms with Crippen LogP contribution in [0, 0.1) is 5.92 Å². The maximum absolute atomic E-state index is 14.9. The minimum Gasteiger partial charge on any atom is -0.314 e. The Hall–Kier alpha value is -2.40. The molecule has 164 valence electrons. The van der Waals surface area contributed by atoms with Gasteiger partial charge in [0, 0.05) is 33.0 Å². The second-order valence-corrected chi connectivity index (χ2v) is 14.7. The molecule has 0 saturated carbocycles. The molecule has 32 heavy (non-hydrogen) atoms. The molecule has 3 aromatic rings. The van der Waals surface area contributed by atoms with E-state index in [-0.39, 0.29) is 5.66 Å². The average Bonchev–Trinajstić information content (AvgIpc) is 2.85. The first-order chi connectivity index (χ1) is 15.4. The van der Waals surface area contributed by atoms with Gasteiger partial charge in [-0.3, -0.25) is 0 Å². The van der Waals surface area contributed by atoms with E-state index < -0.39 is 14.3 Å². The van der Waals surface area contributed by atoms with Crippen molar-refractivity contribution in [3.63, 3.8) is 0 Å². The second-order valence-electron chi connectivity index (χ2n) is 8.64. The summed E-state index contributed by atoms with van der Waals surface area (Å²) in [5.74, 6) is 0.443. The van der Waals surface area contributed by atoms with Crippen LogP contribution >= 0.6 is 14.3 Å². The van der Waals surface area contributed by atoms with E-state index in [4.69, 9.17) is 0 Å². The maximum atomic E-state index is 14.9. The molecular weight excluding hydrogens is 430 g/mol. The molecule has 0 aromatic heterocycles. The van der Waals surface area contributed by atoms with E-state index in [9.17, 15) is 9.13 Å². The lowest BCUT2D eigenvalue weighted by atomic mass is 10.0. The SMILES string of the molecule is CC1C=CC(P(=O)(c2ccccc2)[C@H](C)CP(=O)(c2ccccc2)c2ccccc2)=CC1. The van der Waals surface area contributed by atoms with Gasteiger partial charge in [0.25, 0.3) is 0 Å². The zero-order valence-electron chi connectivity index (χ0n) is 18.7. The Morgan fingerprint density at radius 1 is 0.781 bits per heavy atom. The number of benzene rings is 3. The van der Waals surface area contributed by atoms with Gasteiger partial charge in [0.2, 0.25) is 0 Å². The predicted molar refractivity (Wildman–Crippen MR) is 139 cm³/mol. The van der Waals surface area contributed by atoms with Crippen molar-refractivity contribution in [2.45, 2.75) is 25.9 Å². The molecule has 3 atom stereocenters. The van der Waals surface area contributed by atoms with Gasteiger partial charge in [-0.1, -0.05) is 123 Å². The van der Waals surface area contributed by atoms with E-state index in [1.165, 1.54) is 0 Å². The standard InChI is InChI=1S/C28H30O2P2/c1-23-18-20-28(21-19-23)32(30,27-16-10-5-11-17-27)24(2)22-31(29,25-12-6-3-7-13-25)26-14-8-4-9-15-26/h3-18,20-21,23-24H,19,22H2,1-2H3/t23?,24-,32?/m1/s1. The highest BCUT2D eigenvalue weighted by atomic mass is 31.2. The van der Waals surface area contributed by atoms with Crippen molar-refractivity contribution in [1.82, 2.24) is 0 Å². The van der Waals surface area contributed by atoms with E-state index >= 15 is 0 Å². The van der Waals surface area contributed by atoms with Crippen LogP contribution < -0.4 is 15.9 Å². The summed E-state index contributed by atoms with van der Waals surface area (Å²) < 4.78 is 29.6. The van der Waals surface area contributed by atoms with Crippen molar-refractivity contribution >= 4 is 30.2 Å². The molecule has 0 aliphatic heterocycles. The van der Waals surface area contributed by atoms with Crippen LogP contribution in [0.4, 0.5) is 0 Å². The summed E-state index contributed by atoms with van der Waals surface area (Å²) in [5.41, 5.74) is -0.277. The number of hydrogen-bond acceptors (Lipinski definition) is 2. The fraction of sp³-hybridized carbons (Fsp3) is 0.214. The third-order valence-electron chi connectivity index (χ3n) is 6.31. The van der Waals surface area contributed by atoms with Gasteiger partial charge in [-0.25, -0.2) is 0 Å². The van der Waals surface area contributed by atoms with E-state index in [0.717, 1.165) is 27.6 Å². The number of allylic oxidation sites excluding steroid dienone is 4. The van der Waals surface area contributed by atoms with Crippen molar-refractivity contribution in [2.75, 3.05) is 6.16 Å². The molecule has 2 nitrogen and oxygen atoms in total. The van der Waals surface area contributed by atoms with Gasteiger partial charge in [-0.05, 0) is 12.3 Å². The normalized spacial score (nSPS) is 19.1. The lowest BCUT2D eigenvalue weighted by Gasteiger charge is -2.31. The quantitative estimate of drug-likeness (QED) is 0.374. The van der Waals surface area contributed by atoms with Gasteiger partial charge in [-0.2, -0.15) is 0 Å². The van der Waals surface area contributed by atoms with Crippen LogP contribution in [0.3, 0.4) is 0 Å². The molecule has 3 aromatic carbocycles. The van der Waals surface area contributed by atoms with Crippen molar-refractivity contribution in [2.24, 2.45) is 5.92 Å². The summed E-state index contributed by atoms with van der Waals surface area (Å²) in [5, 5.41) is 3.37. The summed E-state index contributed by atoms with van der Waals surface area (Å²) in [6, 6.07) is 29.1. The number of hydrogen-bond donors (Lipinski definition) is 0. The van der Waals surface area contributed by atoms with Crippen LogP contribution in [0.25, 0.3) is 0 Å². The van der Waals surface area contributed by atoms with Crippen molar-refractivity contribution in [3.8, 4) is 0 Å². The maximum Gasteiger partial charge on any atom is 0.146 e. The summed E-state index contributed by atoms with van der Waals surface area (Å²) in [6.07, 6.45) is 7.54. The third-order valence-corrected chi connectivity index (χ3v) is 13.5. The van der Waals surface area contributed by atoms with Gasteiger partial charge in [0.05, 0.1) is 0 Å². The Morgan fingerprint density at radius 2 is 1.25 bits per heavy atom. The fourth-order valence-electron chi connectivity index (χ4n) is 4.45. The minimum atomic E-state index is -3.00. The Kier molecular flexibility index (Phi) is 6.85. The molecule has 0 fully saturated rings. The Balaban J connectivity index is 1.82. The van der Waals surface area contributed by atoms with Crippen LogP contribution in [0.1, 0.15) is 20.3 Å². The van der Waals surface area contributed by atoms with Gasteiger partial charge in [0.15, 0.2) is 0 Å². The summed E-state index contributed by atoms with van der Waals surface area (Å²) in [6.45, 7) is 4.18. The highest BCUT2D eigenvalue weighted by Crippen LogP contribution is 2.62. The first-order valence-electron chi connectivity index (χ1n) is 11.2. The van der Waals surface area contributed by atoms with Crippen LogP contribution in [0.15, 0.2) is 115 Å². The van der Waals surface area contributed by atoms with Crippen LogP contribution in [0.2, 0.25) is 0 Å². The Bertz CT molecular complexity index is 1150. The van der Waals surface area contributed by atoms with Gasteiger partial charge < -0.3 is 9.13 Å². The van der Waals surface area contributed by atoms with Crippen LogP contribution in [-0.4, -0.2) is 11.8 Å². The monoisotopic (exact) mass is 460 g/mol. The zero-order chi connectivity index (χ0) is 22.6. The molecule has 4 rings (SSSR count). The average molecular weight is 460 g/mol. The summed E-state index contributed by atoms with van der Waals surface area (Å²) in [7, 11) is -5.98. The predicted octanol–water partition coefficient (Wildman–Crippen LogP) is 6.56. The first-order valence-corrected chi connectivity index (χ1v) is 14.9. The van der Waals surface area contributed by atoms with E-state index in [1.807, 2.05) is 104 Å². The summed E-state index contributed by atoms with van der Waals surface area (Å²) in [4.78, 5) is 0. The topological polar surface area (TPSA) is 34.1 Å². The van der Waals surface area contributed by atoms with Crippen LogP contribution in [0.5, 0.6) is 0 Å². The summed E-state index contributed by atoms with van der Waals surface area (Å²) >= 11 is 0. The molecule has 0 saturated heterocycles. The van der Waals surface area contributed by atoms with Gasteiger partial charge in [-0.15, -0.1) is 0 Å². The molecule has 1 aliphatic carbocycles. The molecule has 0 spiro atoms. The van der Waals surface area contributed by atoms with E-state index in [1.54, 1.807) is 0 Å². The zero-order valence-corrected chi connectivity index (χ0v) is 20.5. The van der Waals surface area contributed by atoms with Crippen molar-refractivity contribution < 1.29 is 9.13 Å². The Morgan fingerprint density at radius 3 is 1.69 bits per heavy atom. The lowest BCUT2D eigenvalue weighted by molar-refractivity contribution is 0.573. The number of rotatable bonds is 7. The molecule has 4 heteroatoms. The largest absolute Gasteiger partial charge is 0.314 e. The highest BCUT2D eigenvalue weighted by Gasteiger charge is 2.40. The molecule has 0 bridgehead atoms. The van der Waals surface area contributed by atoms with E-state index in [0.29, 0.717) is 12.1 Å². The molecule has 0 heterocycles. The molecule has 2 unspecified atom stereocenters. The fourth-order valence-corrected chi connectivity index (χ4v) is 11.5. The molecule has 0 N–H and O–H groups in total. The highest BCUT2D eigenvalue weighted by molar-refractivity contribution is 7.81. The minimum absolute atomic E-state index is 0.277. The third kappa shape index (κ3) is 4.40. The van der Waals surface area contributed by atoms with Gasteiger partial charge >= 0.3 is 0 Å². The van der Waals surface area contributed by atoms with Crippen LogP contribution in [-0.2, 0) is 9.13 Å².